The van der Waals surface area contributed by atoms with Crippen molar-refractivity contribution in [1.82, 2.24) is 14.9 Å². The third-order valence-corrected chi connectivity index (χ3v) is 5.65. The molecule has 1 aliphatic heterocycles. The smallest absolute Gasteiger partial charge is 0.336 e. The summed E-state index contributed by atoms with van der Waals surface area (Å²) in [6, 6.07) is 13.7. The van der Waals surface area contributed by atoms with Crippen LogP contribution in [0.2, 0.25) is 0 Å². The number of hydrogen-bond acceptors (Lipinski definition) is 5. The molecular formula is C24H16F2N4O3. The second-order valence-electron chi connectivity index (χ2n) is 7.71. The molecule has 5 rings (SSSR count). The van der Waals surface area contributed by atoms with Gasteiger partial charge in [0.05, 0.1) is 11.1 Å². The van der Waals surface area contributed by atoms with Crippen molar-refractivity contribution in [2.45, 2.75) is 13.1 Å². The van der Waals surface area contributed by atoms with Gasteiger partial charge < -0.3 is 15.7 Å². The number of hydrogen-bond donors (Lipinski definition) is 2. The maximum atomic E-state index is 13.9. The third-order valence-electron chi connectivity index (χ3n) is 5.65. The van der Waals surface area contributed by atoms with Gasteiger partial charge in [-0.05, 0) is 46.5 Å². The van der Waals surface area contributed by atoms with Gasteiger partial charge in [-0.3, -0.25) is 4.79 Å². The summed E-state index contributed by atoms with van der Waals surface area (Å²) in [5.41, 5.74) is 8.14. The molecule has 9 heteroatoms. The molecule has 1 aromatic heterocycles. The molecule has 33 heavy (non-hydrogen) atoms. The number of carbonyl (C=O) groups excluding carboxylic acids is 1. The lowest BCUT2D eigenvalue weighted by molar-refractivity contribution is 0.0695. The number of aromatic nitrogens is 2. The molecule has 0 bridgehead atoms. The van der Waals surface area contributed by atoms with Gasteiger partial charge in [0.2, 0.25) is 5.95 Å². The number of rotatable bonds is 3. The number of halogens is 2. The maximum absolute atomic E-state index is 13.9. The predicted molar refractivity (Wildman–Crippen MR) is 116 cm³/mol. The Morgan fingerprint density at radius 3 is 2.27 bits per heavy atom. The first kappa shape index (κ1) is 20.5. The molecule has 3 aromatic carbocycles. The van der Waals surface area contributed by atoms with E-state index in [1.807, 2.05) is 24.3 Å². The van der Waals surface area contributed by atoms with E-state index >= 15 is 0 Å². The second-order valence-corrected chi connectivity index (χ2v) is 7.71. The molecule has 4 aromatic rings. The van der Waals surface area contributed by atoms with E-state index in [1.54, 1.807) is 4.90 Å². The molecule has 2 heterocycles. The minimum absolute atomic E-state index is 0.0351. The van der Waals surface area contributed by atoms with E-state index < -0.39 is 23.2 Å². The van der Waals surface area contributed by atoms with E-state index in [-0.39, 0.29) is 28.7 Å². The van der Waals surface area contributed by atoms with Crippen molar-refractivity contribution in [3.63, 3.8) is 0 Å². The molecule has 0 unspecified atom stereocenters. The van der Waals surface area contributed by atoms with Crippen LogP contribution in [0.25, 0.3) is 22.0 Å². The largest absolute Gasteiger partial charge is 0.478 e. The summed E-state index contributed by atoms with van der Waals surface area (Å²) in [6.45, 7) is 0.818. The number of anilines is 1. The number of nitrogens with two attached hydrogens (primary N) is 1. The monoisotopic (exact) mass is 446 g/mol. The van der Waals surface area contributed by atoms with E-state index in [4.69, 9.17) is 5.73 Å². The van der Waals surface area contributed by atoms with Crippen molar-refractivity contribution < 1.29 is 23.5 Å². The average Bonchev–Trinajstić information content (AvgIpc) is 3.23. The van der Waals surface area contributed by atoms with Crippen LogP contribution >= 0.6 is 0 Å². The molecule has 3 N–H and O–H groups in total. The zero-order chi connectivity index (χ0) is 23.3. The van der Waals surface area contributed by atoms with E-state index in [0.29, 0.717) is 30.1 Å². The van der Waals surface area contributed by atoms with Gasteiger partial charge in [0.1, 0.15) is 5.69 Å². The number of nitrogens with zero attached hydrogens (tertiary/aromatic N) is 3. The van der Waals surface area contributed by atoms with Crippen molar-refractivity contribution >= 4 is 28.7 Å². The van der Waals surface area contributed by atoms with Crippen LogP contribution < -0.4 is 5.73 Å². The Hall–Kier alpha value is -4.40. The van der Waals surface area contributed by atoms with E-state index in [1.165, 1.54) is 18.2 Å². The van der Waals surface area contributed by atoms with Crippen LogP contribution in [0.5, 0.6) is 0 Å². The first-order valence-corrected chi connectivity index (χ1v) is 9.98. The molecule has 0 saturated heterocycles. The quantitative estimate of drug-likeness (QED) is 0.492. The molecule has 0 saturated carbocycles. The fraction of sp³-hybridized carbons (Fsp3) is 0.0833. The SMILES string of the molecule is Nc1nc(C(=O)N2Cc3ccccc3C2)c2cc(-c3cc(F)c(F)cc3C(=O)O)ccc2n1. The molecule has 1 aliphatic rings. The van der Waals surface area contributed by atoms with Crippen molar-refractivity contribution in [2.75, 3.05) is 5.73 Å². The highest BCUT2D eigenvalue weighted by Crippen LogP contribution is 2.31. The summed E-state index contributed by atoms with van der Waals surface area (Å²) in [4.78, 5) is 34.9. The first-order valence-electron chi connectivity index (χ1n) is 9.98. The summed E-state index contributed by atoms with van der Waals surface area (Å²) in [6.07, 6.45) is 0. The summed E-state index contributed by atoms with van der Waals surface area (Å²) in [5, 5.41) is 9.80. The lowest BCUT2D eigenvalue weighted by Crippen LogP contribution is -2.27. The minimum Gasteiger partial charge on any atom is -0.478 e. The van der Waals surface area contributed by atoms with Crippen LogP contribution in [0.1, 0.15) is 32.0 Å². The van der Waals surface area contributed by atoms with Gasteiger partial charge in [-0.25, -0.2) is 23.5 Å². The minimum atomic E-state index is -1.41. The van der Waals surface area contributed by atoms with Gasteiger partial charge >= 0.3 is 5.97 Å². The van der Waals surface area contributed by atoms with Gasteiger partial charge in [-0.15, -0.1) is 0 Å². The summed E-state index contributed by atoms with van der Waals surface area (Å²) in [5.74, 6) is -4.32. The lowest BCUT2D eigenvalue weighted by atomic mass is 9.97. The van der Waals surface area contributed by atoms with Crippen molar-refractivity contribution in [3.8, 4) is 11.1 Å². The zero-order valence-electron chi connectivity index (χ0n) is 17.0. The molecule has 0 fully saturated rings. The van der Waals surface area contributed by atoms with Gasteiger partial charge in [0.25, 0.3) is 5.91 Å². The predicted octanol–water partition coefficient (Wildman–Crippen LogP) is 4.01. The molecule has 0 aliphatic carbocycles. The molecule has 0 radical (unpaired) electrons. The lowest BCUT2D eigenvalue weighted by Gasteiger charge is -2.17. The Morgan fingerprint density at radius 2 is 1.61 bits per heavy atom. The first-order chi connectivity index (χ1) is 15.8. The number of carbonyl (C=O) groups is 2. The van der Waals surface area contributed by atoms with Gasteiger partial charge in [-0.1, -0.05) is 30.3 Å². The molecule has 7 nitrogen and oxygen atoms in total. The normalized spacial score (nSPS) is 12.7. The highest BCUT2D eigenvalue weighted by molar-refractivity contribution is 6.06. The Kier molecular flexibility index (Phi) is 4.74. The van der Waals surface area contributed by atoms with Gasteiger partial charge in [0.15, 0.2) is 11.6 Å². The van der Waals surface area contributed by atoms with E-state index in [9.17, 15) is 23.5 Å². The summed E-state index contributed by atoms with van der Waals surface area (Å²) in [7, 11) is 0. The zero-order valence-corrected chi connectivity index (χ0v) is 17.0. The summed E-state index contributed by atoms with van der Waals surface area (Å²) >= 11 is 0. The maximum Gasteiger partial charge on any atom is 0.336 e. The second kappa shape index (κ2) is 7.63. The van der Waals surface area contributed by atoms with Crippen LogP contribution in [0.15, 0.2) is 54.6 Å². The molecule has 164 valence electrons. The topological polar surface area (TPSA) is 109 Å². The van der Waals surface area contributed by atoms with Crippen LogP contribution in [0.4, 0.5) is 14.7 Å². The van der Waals surface area contributed by atoms with Gasteiger partial charge in [0, 0.05) is 18.5 Å². The fourth-order valence-corrected chi connectivity index (χ4v) is 4.07. The Bertz CT molecular complexity index is 1450. The third kappa shape index (κ3) is 3.53. The Balaban J connectivity index is 1.63. The van der Waals surface area contributed by atoms with E-state index in [0.717, 1.165) is 17.2 Å². The van der Waals surface area contributed by atoms with Crippen molar-refractivity contribution in [3.05, 3.63) is 88.6 Å². The summed E-state index contributed by atoms with van der Waals surface area (Å²) < 4.78 is 27.6. The van der Waals surface area contributed by atoms with E-state index in [2.05, 4.69) is 9.97 Å². The average molecular weight is 446 g/mol. The number of benzene rings is 3. The standard InChI is InChI=1S/C24H16F2N4O3/c25-18-8-15(16(23(32)33)9-19(18)26)12-5-6-20-17(7-12)21(29-24(27)28-20)22(31)30-10-13-3-1-2-4-14(13)11-30/h1-9H,10-11H2,(H,32,33)(H2,27,28,29). The molecule has 1 amide bonds. The number of fused-ring (bicyclic) bond motifs is 2. The van der Waals surface area contributed by atoms with Gasteiger partial charge in [-0.2, -0.15) is 0 Å². The number of nitrogen functional groups attached to an aromatic ring is 1. The Labute approximate surface area is 186 Å². The van der Waals surface area contributed by atoms with Crippen LogP contribution in [0.3, 0.4) is 0 Å². The highest BCUT2D eigenvalue weighted by atomic mass is 19.2. The van der Waals surface area contributed by atoms with Crippen LogP contribution in [-0.2, 0) is 13.1 Å². The number of amides is 1. The molecular weight excluding hydrogens is 430 g/mol. The van der Waals surface area contributed by atoms with Crippen molar-refractivity contribution in [1.29, 1.82) is 0 Å². The highest BCUT2D eigenvalue weighted by Gasteiger charge is 2.27. The van der Waals surface area contributed by atoms with Crippen LogP contribution in [-0.4, -0.2) is 31.9 Å². The van der Waals surface area contributed by atoms with Crippen molar-refractivity contribution in [2.24, 2.45) is 0 Å². The molecule has 0 atom stereocenters. The molecule has 0 spiro atoms. The fourth-order valence-electron chi connectivity index (χ4n) is 4.07. The van der Waals surface area contributed by atoms with Crippen LogP contribution in [0, 0.1) is 11.6 Å². The number of carboxylic acid groups (broad SMARTS) is 1. The number of aromatic carboxylic acids is 1. The Morgan fingerprint density at radius 1 is 0.939 bits per heavy atom. The number of carboxylic acids is 1.